The fourth-order valence-corrected chi connectivity index (χ4v) is 2.23. The van der Waals surface area contributed by atoms with Gasteiger partial charge in [-0.3, -0.25) is 0 Å². The molecule has 0 unspecified atom stereocenters. The molecule has 1 aromatic heterocycles. The Bertz CT molecular complexity index is 828. The molecule has 0 amide bonds. The normalized spacial score (nSPS) is 10.9. The first-order valence-electron chi connectivity index (χ1n) is 5.64. The Morgan fingerprint density at radius 1 is 1.30 bits per heavy atom. The lowest BCUT2D eigenvalue weighted by Gasteiger charge is -1.97. The summed E-state index contributed by atoms with van der Waals surface area (Å²) < 4.78 is 19.9. The fraction of sp³-hybridized carbons (Fsp3) is 0. The molecular weight excluding hydrogens is 329 g/mol. The number of fused-ring (bicyclic) bond motifs is 1. The van der Waals surface area contributed by atoms with E-state index in [0.717, 1.165) is 0 Å². The number of benzene rings is 2. The van der Waals surface area contributed by atoms with Gasteiger partial charge in [0.1, 0.15) is 11.3 Å². The Morgan fingerprint density at radius 3 is 2.80 bits per heavy atom. The van der Waals surface area contributed by atoms with Gasteiger partial charge in [-0.2, -0.15) is 0 Å². The highest BCUT2D eigenvalue weighted by molar-refractivity contribution is 9.10. The number of oxazole rings is 1. The van der Waals surface area contributed by atoms with Crippen molar-refractivity contribution in [1.82, 2.24) is 4.98 Å². The van der Waals surface area contributed by atoms with Crippen molar-refractivity contribution in [2.24, 2.45) is 0 Å². The van der Waals surface area contributed by atoms with Gasteiger partial charge in [-0.25, -0.2) is 14.2 Å². The van der Waals surface area contributed by atoms with Crippen LogP contribution in [-0.4, -0.2) is 16.1 Å². The molecule has 1 N–H and O–H groups in total. The molecule has 1 heterocycles. The summed E-state index contributed by atoms with van der Waals surface area (Å²) in [5.74, 6) is -1.55. The van der Waals surface area contributed by atoms with Crippen LogP contribution >= 0.6 is 15.9 Å². The van der Waals surface area contributed by atoms with Crippen molar-refractivity contribution in [3.05, 3.63) is 52.3 Å². The molecule has 0 atom stereocenters. The predicted molar refractivity (Wildman–Crippen MR) is 74.1 cm³/mol. The van der Waals surface area contributed by atoms with E-state index in [1.165, 1.54) is 18.2 Å². The Morgan fingerprint density at radius 2 is 2.10 bits per heavy atom. The SMILES string of the molecule is O=C(O)c1cccc2oc(-c3ccc(Br)cc3F)nc12. The third-order valence-electron chi connectivity index (χ3n) is 2.81. The number of hydrogen-bond acceptors (Lipinski definition) is 3. The van der Waals surface area contributed by atoms with Crippen molar-refractivity contribution in [3.63, 3.8) is 0 Å². The molecule has 0 radical (unpaired) electrons. The van der Waals surface area contributed by atoms with E-state index in [2.05, 4.69) is 20.9 Å². The summed E-state index contributed by atoms with van der Waals surface area (Å²) in [6.45, 7) is 0. The summed E-state index contributed by atoms with van der Waals surface area (Å²) >= 11 is 3.17. The van der Waals surface area contributed by atoms with E-state index in [4.69, 9.17) is 9.52 Å². The molecule has 3 rings (SSSR count). The zero-order valence-electron chi connectivity index (χ0n) is 9.93. The van der Waals surface area contributed by atoms with Crippen molar-refractivity contribution >= 4 is 33.0 Å². The van der Waals surface area contributed by atoms with Gasteiger partial charge < -0.3 is 9.52 Å². The number of nitrogens with zero attached hydrogens (tertiary/aromatic N) is 1. The smallest absolute Gasteiger partial charge is 0.338 e. The van der Waals surface area contributed by atoms with E-state index in [9.17, 15) is 9.18 Å². The lowest BCUT2D eigenvalue weighted by molar-refractivity contribution is 0.0699. The summed E-state index contributed by atoms with van der Waals surface area (Å²) in [4.78, 5) is 15.2. The van der Waals surface area contributed by atoms with Gasteiger partial charge in [0.2, 0.25) is 5.89 Å². The summed E-state index contributed by atoms with van der Waals surface area (Å²) in [6.07, 6.45) is 0. The Kier molecular flexibility index (Phi) is 3.02. The van der Waals surface area contributed by atoms with E-state index >= 15 is 0 Å². The van der Waals surface area contributed by atoms with E-state index < -0.39 is 11.8 Å². The number of carboxylic acids is 1. The minimum atomic E-state index is -1.10. The number of carbonyl (C=O) groups is 1. The van der Waals surface area contributed by atoms with E-state index in [0.29, 0.717) is 10.1 Å². The molecule has 0 saturated carbocycles. The minimum Gasteiger partial charge on any atom is -0.478 e. The third kappa shape index (κ3) is 2.08. The number of aromatic carboxylic acids is 1. The number of hydrogen-bond donors (Lipinski definition) is 1. The molecule has 6 heteroatoms. The molecule has 0 aliphatic carbocycles. The summed E-state index contributed by atoms with van der Waals surface area (Å²) in [6, 6.07) is 9.04. The van der Waals surface area contributed by atoms with Crippen molar-refractivity contribution in [1.29, 1.82) is 0 Å². The lowest BCUT2D eigenvalue weighted by atomic mass is 10.2. The Hall–Kier alpha value is -2.21. The number of carboxylic acid groups (broad SMARTS) is 1. The van der Waals surface area contributed by atoms with Gasteiger partial charge in [0.05, 0.1) is 11.1 Å². The maximum Gasteiger partial charge on any atom is 0.338 e. The van der Waals surface area contributed by atoms with Gasteiger partial charge in [-0.05, 0) is 30.3 Å². The predicted octanol–water partition coefficient (Wildman–Crippen LogP) is 4.09. The van der Waals surface area contributed by atoms with Crippen LogP contribution in [0.1, 0.15) is 10.4 Å². The van der Waals surface area contributed by atoms with Gasteiger partial charge in [0.15, 0.2) is 5.58 Å². The molecule has 0 saturated heterocycles. The standard InChI is InChI=1S/C14H7BrFNO3/c15-7-4-5-8(10(16)6-7)13-17-12-9(14(18)19)2-1-3-11(12)20-13/h1-6H,(H,18,19). The molecule has 0 spiro atoms. The van der Waals surface area contributed by atoms with Crippen molar-refractivity contribution < 1.29 is 18.7 Å². The van der Waals surface area contributed by atoms with E-state index in [1.54, 1.807) is 18.2 Å². The second kappa shape index (κ2) is 4.72. The highest BCUT2D eigenvalue weighted by atomic mass is 79.9. The largest absolute Gasteiger partial charge is 0.478 e. The molecule has 0 aliphatic heterocycles. The van der Waals surface area contributed by atoms with Gasteiger partial charge in [-0.15, -0.1) is 0 Å². The van der Waals surface area contributed by atoms with Crippen LogP contribution < -0.4 is 0 Å². The molecular formula is C14H7BrFNO3. The van der Waals surface area contributed by atoms with Crippen molar-refractivity contribution in [2.45, 2.75) is 0 Å². The Labute approximate surface area is 121 Å². The topological polar surface area (TPSA) is 63.3 Å². The molecule has 100 valence electrons. The summed E-state index contributed by atoms with van der Waals surface area (Å²) in [5.41, 5.74) is 0.718. The van der Waals surface area contributed by atoms with Crippen LogP contribution in [-0.2, 0) is 0 Å². The van der Waals surface area contributed by atoms with Crippen LogP contribution in [0.4, 0.5) is 4.39 Å². The van der Waals surface area contributed by atoms with Gasteiger partial charge in [-0.1, -0.05) is 22.0 Å². The average Bonchev–Trinajstić information content (AvgIpc) is 2.81. The molecule has 0 bridgehead atoms. The molecule has 0 aliphatic rings. The molecule has 20 heavy (non-hydrogen) atoms. The molecule has 2 aromatic carbocycles. The van der Waals surface area contributed by atoms with Crippen LogP contribution in [0.5, 0.6) is 0 Å². The highest BCUT2D eigenvalue weighted by Gasteiger charge is 2.17. The first-order valence-corrected chi connectivity index (χ1v) is 6.44. The highest BCUT2D eigenvalue weighted by Crippen LogP contribution is 2.29. The van der Waals surface area contributed by atoms with Crippen LogP contribution in [0.2, 0.25) is 0 Å². The lowest BCUT2D eigenvalue weighted by Crippen LogP contribution is -1.96. The molecule has 0 fully saturated rings. The molecule has 3 aromatic rings. The van der Waals surface area contributed by atoms with Gasteiger partial charge in [0.25, 0.3) is 0 Å². The average molecular weight is 336 g/mol. The fourth-order valence-electron chi connectivity index (χ4n) is 1.90. The van der Waals surface area contributed by atoms with Gasteiger partial charge in [0, 0.05) is 4.47 Å². The number of halogens is 2. The second-order valence-electron chi connectivity index (χ2n) is 4.10. The first-order chi connectivity index (χ1) is 9.56. The quantitative estimate of drug-likeness (QED) is 0.765. The van der Waals surface area contributed by atoms with Crippen molar-refractivity contribution in [2.75, 3.05) is 0 Å². The van der Waals surface area contributed by atoms with Crippen LogP contribution in [0.3, 0.4) is 0 Å². The third-order valence-corrected chi connectivity index (χ3v) is 3.30. The van der Waals surface area contributed by atoms with Crippen molar-refractivity contribution in [3.8, 4) is 11.5 Å². The van der Waals surface area contributed by atoms with E-state index in [1.807, 2.05) is 0 Å². The number of para-hydroxylation sites is 1. The number of aromatic nitrogens is 1. The van der Waals surface area contributed by atoms with E-state index in [-0.39, 0.29) is 22.5 Å². The maximum atomic E-state index is 13.9. The zero-order chi connectivity index (χ0) is 14.3. The summed E-state index contributed by atoms with van der Waals surface area (Å²) in [5, 5.41) is 9.09. The van der Waals surface area contributed by atoms with Gasteiger partial charge >= 0.3 is 5.97 Å². The zero-order valence-corrected chi connectivity index (χ0v) is 11.5. The Balaban J connectivity index is 2.23. The monoisotopic (exact) mass is 335 g/mol. The van der Waals surface area contributed by atoms with Crippen LogP contribution in [0, 0.1) is 5.82 Å². The minimum absolute atomic E-state index is 0.0232. The van der Waals surface area contributed by atoms with Crippen LogP contribution in [0.25, 0.3) is 22.6 Å². The number of rotatable bonds is 2. The maximum absolute atomic E-state index is 13.9. The van der Waals surface area contributed by atoms with Crippen LogP contribution in [0.15, 0.2) is 45.3 Å². The molecule has 4 nitrogen and oxygen atoms in total. The second-order valence-corrected chi connectivity index (χ2v) is 5.02. The first kappa shape index (κ1) is 12.8. The summed E-state index contributed by atoms with van der Waals surface area (Å²) in [7, 11) is 0.